The molecule has 110 valence electrons. The van der Waals surface area contributed by atoms with Gasteiger partial charge in [-0.3, -0.25) is 11.3 Å². The number of hydrogen-bond acceptors (Lipinski definition) is 5. The summed E-state index contributed by atoms with van der Waals surface area (Å²) in [6.07, 6.45) is 5.56. The Morgan fingerprint density at radius 1 is 1.11 bits per heavy atom. The lowest BCUT2D eigenvalue weighted by Gasteiger charge is -2.43. The Morgan fingerprint density at radius 3 is 2.74 bits per heavy atom. The van der Waals surface area contributed by atoms with Crippen LogP contribution in [0.2, 0.25) is 0 Å². The van der Waals surface area contributed by atoms with Crippen LogP contribution in [-0.2, 0) is 14.2 Å². The summed E-state index contributed by atoms with van der Waals surface area (Å²) < 4.78 is 17.2. The van der Waals surface area contributed by atoms with Crippen molar-refractivity contribution in [3.63, 3.8) is 0 Å². The maximum atomic E-state index is 6.01. The van der Waals surface area contributed by atoms with E-state index in [9.17, 15) is 0 Å². The molecular weight excluding hydrogens is 244 g/mol. The molecule has 0 radical (unpaired) electrons. The van der Waals surface area contributed by atoms with Crippen LogP contribution in [0.3, 0.4) is 0 Å². The van der Waals surface area contributed by atoms with E-state index in [1.807, 2.05) is 0 Å². The largest absolute Gasteiger partial charge is 0.381 e. The van der Waals surface area contributed by atoms with Crippen molar-refractivity contribution in [2.24, 2.45) is 17.7 Å². The van der Waals surface area contributed by atoms with Gasteiger partial charge in [-0.05, 0) is 37.5 Å². The standard InChI is InChI=1S/C14H26N2O3/c15-16-13(12-2-1-5-17-9-12)11-3-6-19-14(8-11)4-7-18-10-14/h11-13,16H,1-10,15H2. The summed E-state index contributed by atoms with van der Waals surface area (Å²) >= 11 is 0. The summed E-state index contributed by atoms with van der Waals surface area (Å²) in [6, 6.07) is 0.349. The lowest BCUT2D eigenvalue weighted by atomic mass is 9.76. The van der Waals surface area contributed by atoms with Crippen molar-refractivity contribution >= 4 is 0 Å². The molecule has 3 aliphatic heterocycles. The number of nitrogens with two attached hydrogens (primary N) is 1. The molecule has 3 heterocycles. The minimum atomic E-state index is -0.0342. The summed E-state index contributed by atoms with van der Waals surface area (Å²) in [5, 5.41) is 0. The van der Waals surface area contributed by atoms with Crippen molar-refractivity contribution in [3.05, 3.63) is 0 Å². The second-order valence-corrected chi connectivity index (χ2v) is 6.26. The number of ether oxygens (including phenoxy) is 3. The van der Waals surface area contributed by atoms with Gasteiger partial charge in [0.15, 0.2) is 0 Å². The fourth-order valence-corrected chi connectivity index (χ4v) is 3.94. The molecule has 0 amide bonds. The summed E-state index contributed by atoms with van der Waals surface area (Å²) in [6.45, 7) is 4.16. The maximum Gasteiger partial charge on any atom is 0.0939 e. The van der Waals surface area contributed by atoms with Crippen LogP contribution in [0, 0.1) is 11.8 Å². The first-order chi connectivity index (χ1) is 9.33. The van der Waals surface area contributed by atoms with Crippen molar-refractivity contribution in [2.75, 3.05) is 33.0 Å². The van der Waals surface area contributed by atoms with Crippen LogP contribution in [0.1, 0.15) is 32.1 Å². The Kier molecular flexibility index (Phi) is 4.39. The number of rotatable bonds is 3. The van der Waals surface area contributed by atoms with E-state index >= 15 is 0 Å². The highest BCUT2D eigenvalue weighted by Crippen LogP contribution is 2.39. The van der Waals surface area contributed by atoms with Crippen molar-refractivity contribution in [1.82, 2.24) is 5.43 Å². The van der Waals surface area contributed by atoms with E-state index in [0.717, 1.165) is 58.7 Å². The van der Waals surface area contributed by atoms with Crippen LogP contribution >= 0.6 is 0 Å². The van der Waals surface area contributed by atoms with E-state index in [0.29, 0.717) is 17.9 Å². The molecule has 3 aliphatic rings. The summed E-state index contributed by atoms with van der Waals surface area (Å²) in [7, 11) is 0. The number of hydrogen-bond donors (Lipinski definition) is 2. The van der Waals surface area contributed by atoms with Crippen LogP contribution in [0.4, 0.5) is 0 Å². The third-order valence-electron chi connectivity index (χ3n) is 5.00. The molecule has 1 spiro atoms. The van der Waals surface area contributed by atoms with Gasteiger partial charge in [0.1, 0.15) is 0 Å². The van der Waals surface area contributed by atoms with Gasteiger partial charge in [-0.25, -0.2) is 0 Å². The predicted molar refractivity (Wildman–Crippen MR) is 71.5 cm³/mol. The Morgan fingerprint density at radius 2 is 2.05 bits per heavy atom. The minimum Gasteiger partial charge on any atom is -0.381 e. The summed E-state index contributed by atoms with van der Waals surface area (Å²) in [5.74, 6) is 6.96. The van der Waals surface area contributed by atoms with Crippen molar-refractivity contribution in [2.45, 2.75) is 43.7 Å². The highest BCUT2D eigenvalue weighted by atomic mass is 16.6. The lowest BCUT2D eigenvalue weighted by Crippen LogP contribution is -2.53. The summed E-state index contributed by atoms with van der Waals surface area (Å²) in [5.41, 5.74) is 3.04. The van der Waals surface area contributed by atoms with Crippen molar-refractivity contribution in [3.8, 4) is 0 Å². The van der Waals surface area contributed by atoms with Crippen molar-refractivity contribution < 1.29 is 14.2 Å². The third-order valence-corrected chi connectivity index (χ3v) is 5.00. The second kappa shape index (κ2) is 6.06. The normalized spacial score (nSPS) is 41.5. The molecule has 4 unspecified atom stereocenters. The first-order valence-corrected chi connectivity index (χ1v) is 7.59. The van der Waals surface area contributed by atoms with E-state index < -0.39 is 0 Å². The van der Waals surface area contributed by atoms with Gasteiger partial charge in [-0.15, -0.1) is 0 Å². The average molecular weight is 270 g/mol. The van der Waals surface area contributed by atoms with Gasteiger partial charge in [0.2, 0.25) is 0 Å². The zero-order valence-corrected chi connectivity index (χ0v) is 11.6. The van der Waals surface area contributed by atoms with E-state index in [4.69, 9.17) is 20.1 Å². The highest BCUT2D eigenvalue weighted by molar-refractivity contribution is 4.95. The molecule has 3 rings (SSSR count). The summed E-state index contributed by atoms with van der Waals surface area (Å²) in [4.78, 5) is 0. The SMILES string of the molecule is NNC(C1CCCOC1)C1CCOC2(CCOC2)C1. The molecule has 3 saturated heterocycles. The molecule has 4 atom stereocenters. The Hall–Kier alpha value is -0.200. The molecule has 19 heavy (non-hydrogen) atoms. The van der Waals surface area contributed by atoms with Gasteiger partial charge < -0.3 is 14.2 Å². The minimum absolute atomic E-state index is 0.0342. The highest BCUT2D eigenvalue weighted by Gasteiger charge is 2.44. The van der Waals surface area contributed by atoms with E-state index in [-0.39, 0.29) is 5.60 Å². The van der Waals surface area contributed by atoms with Gasteiger partial charge in [-0.2, -0.15) is 0 Å². The van der Waals surface area contributed by atoms with Gasteiger partial charge in [0, 0.05) is 32.3 Å². The smallest absolute Gasteiger partial charge is 0.0939 e. The molecule has 0 bridgehead atoms. The van der Waals surface area contributed by atoms with Gasteiger partial charge in [0.05, 0.1) is 18.8 Å². The molecular formula is C14H26N2O3. The quantitative estimate of drug-likeness (QED) is 0.587. The molecule has 0 aromatic heterocycles. The fourth-order valence-electron chi connectivity index (χ4n) is 3.94. The Labute approximate surface area is 115 Å². The molecule has 0 saturated carbocycles. The lowest BCUT2D eigenvalue weighted by molar-refractivity contribution is -0.109. The second-order valence-electron chi connectivity index (χ2n) is 6.26. The van der Waals surface area contributed by atoms with Gasteiger partial charge >= 0.3 is 0 Å². The Balaban J connectivity index is 1.64. The monoisotopic (exact) mass is 270 g/mol. The fraction of sp³-hybridized carbons (Fsp3) is 1.00. The topological polar surface area (TPSA) is 65.7 Å². The van der Waals surface area contributed by atoms with Crippen LogP contribution in [0.5, 0.6) is 0 Å². The molecule has 0 aromatic rings. The molecule has 0 aliphatic carbocycles. The zero-order valence-electron chi connectivity index (χ0n) is 11.6. The molecule has 3 fully saturated rings. The molecule has 3 N–H and O–H groups in total. The number of hydrazine groups is 1. The average Bonchev–Trinajstić information content (AvgIpc) is 2.89. The predicted octanol–water partition coefficient (Wildman–Crippen LogP) is 0.831. The van der Waals surface area contributed by atoms with Crippen LogP contribution < -0.4 is 11.3 Å². The first kappa shape index (κ1) is 13.8. The molecule has 5 nitrogen and oxygen atoms in total. The van der Waals surface area contributed by atoms with E-state index in [1.54, 1.807) is 0 Å². The van der Waals surface area contributed by atoms with Crippen LogP contribution in [0.15, 0.2) is 0 Å². The number of nitrogens with one attached hydrogen (secondary N) is 1. The zero-order chi connectivity index (χ0) is 13.1. The Bertz CT molecular complexity index is 288. The van der Waals surface area contributed by atoms with Crippen molar-refractivity contribution in [1.29, 1.82) is 0 Å². The van der Waals surface area contributed by atoms with Gasteiger partial charge in [-0.1, -0.05) is 0 Å². The van der Waals surface area contributed by atoms with E-state index in [1.165, 1.54) is 6.42 Å². The maximum absolute atomic E-state index is 6.01. The van der Waals surface area contributed by atoms with Crippen LogP contribution in [-0.4, -0.2) is 44.7 Å². The molecule has 5 heteroatoms. The van der Waals surface area contributed by atoms with Crippen LogP contribution in [0.25, 0.3) is 0 Å². The van der Waals surface area contributed by atoms with E-state index in [2.05, 4.69) is 5.43 Å². The first-order valence-electron chi connectivity index (χ1n) is 7.59. The molecule has 0 aromatic carbocycles. The van der Waals surface area contributed by atoms with Gasteiger partial charge in [0.25, 0.3) is 0 Å². The third kappa shape index (κ3) is 2.95.